The zero-order valence-corrected chi connectivity index (χ0v) is 18.1. The van der Waals surface area contributed by atoms with Crippen LogP contribution in [0.3, 0.4) is 0 Å². The van der Waals surface area contributed by atoms with Gasteiger partial charge in [0.15, 0.2) is 11.5 Å². The van der Waals surface area contributed by atoms with Gasteiger partial charge in [-0.3, -0.25) is 4.68 Å². The van der Waals surface area contributed by atoms with Crippen LogP contribution in [0.15, 0.2) is 12.4 Å². The molecule has 2 saturated carbocycles. The molecule has 7 rings (SSSR count). The molecule has 1 unspecified atom stereocenters. The first-order valence-corrected chi connectivity index (χ1v) is 11.2. The molecule has 0 radical (unpaired) electrons. The minimum absolute atomic E-state index is 0.0204. The molecule has 1 aliphatic heterocycles. The highest BCUT2D eigenvalue weighted by molar-refractivity contribution is 5.98. The lowest BCUT2D eigenvalue weighted by Crippen LogP contribution is -2.15. The van der Waals surface area contributed by atoms with Gasteiger partial charge in [-0.25, -0.2) is 18.9 Å². The minimum Gasteiger partial charge on any atom is -0.384 e. The smallest absolute Gasteiger partial charge is 0.384 e. The van der Waals surface area contributed by atoms with Crippen molar-refractivity contribution in [2.45, 2.75) is 37.9 Å². The van der Waals surface area contributed by atoms with E-state index in [1.165, 1.54) is 13.3 Å². The second-order valence-corrected chi connectivity index (χ2v) is 9.51. The molecule has 0 amide bonds. The third kappa shape index (κ3) is 2.62. The number of nitrogens with zero attached hydrogens (tertiary/aromatic N) is 6. The molecule has 3 N–H and O–H groups in total. The van der Waals surface area contributed by atoms with Crippen molar-refractivity contribution in [3.63, 3.8) is 0 Å². The van der Waals surface area contributed by atoms with Crippen molar-refractivity contribution in [1.29, 1.82) is 0 Å². The SMILES string of the molecule is Cc1nc(N)cc(-c2c(F)c3c(c(C4[C@H]5CNC[C@@H]45)nn3C3CC3)c3ncnn23)c1C(F)(F)F. The monoisotopic (exact) mass is 472 g/mol. The van der Waals surface area contributed by atoms with Crippen LogP contribution in [-0.4, -0.2) is 42.5 Å². The maximum Gasteiger partial charge on any atom is 0.418 e. The Balaban J connectivity index is 1.58. The number of fused-ring (bicyclic) bond motifs is 4. The van der Waals surface area contributed by atoms with Crippen LogP contribution in [0.2, 0.25) is 0 Å². The topological polar surface area (TPSA) is 98.9 Å². The number of aryl methyl sites for hydroxylation is 1. The Kier molecular flexibility index (Phi) is 3.81. The van der Waals surface area contributed by atoms with E-state index in [-0.39, 0.29) is 34.7 Å². The molecule has 3 aliphatic rings. The van der Waals surface area contributed by atoms with Crippen molar-refractivity contribution in [1.82, 2.24) is 34.7 Å². The van der Waals surface area contributed by atoms with Crippen LogP contribution in [0.4, 0.5) is 23.4 Å². The van der Waals surface area contributed by atoms with E-state index in [1.54, 1.807) is 4.68 Å². The largest absolute Gasteiger partial charge is 0.418 e. The van der Waals surface area contributed by atoms with Crippen LogP contribution in [0.1, 0.15) is 41.8 Å². The van der Waals surface area contributed by atoms with Crippen LogP contribution < -0.4 is 11.1 Å². The summed E-state index contributed by atoms with van der Waals surface area (Å²) in [6, 6.07) is 1.07. The Hall–Kier alpha value is -3.28. The number of alkyl halides is 3. The van der Waals surface area contributed by atoms with Gasteiger partial charge in [0.25, 0.3) is 0 Å². The molecule has 2 aliphatic carbocycles. The van der Waals surface area contributed by atoms with E-state index in [1.807, 2.05) is 0 Å². The molecular weight excluding hydrogens is 452 g/mol. The summed E-state index contributed by atoms with van der Waals surface area (Å²) in [6.07, 6.45) is -1.85. The first-order chi connectivity index (χ1) is 16.3. The average molecular weight is 472 g/mol. The number of aromatic nitrogens is 6. The number of hydrogen-bond acceptors (Lipinski definition) is 6. The molecule has 0 bridgehead atoms. The van der Waals surface area contributed by atoms with Gasteiger partial charge in [0, 0.05) is 11.5 Å². The molecular formula is C22H20F4N8. The zero-order valence-electron chi connectivity index (χ0n) is 18.1. The Morgan fingerprint density at radius 3 is 2.59 bits per heavy atom. The fraction of sp³-hybridized carbons (Fsp3) is 0.455. The first kappa shape index (κ1) is 20.1. The molecule has 5 heterocycles. The Morgan fingerprint density at radius 2 is 1.91 bits per heavy atom. The Bertz CT molecular complexity index is 1490. The minimum atomic E-state index is -4.77. The van der Waals surface area contributed by atoms with Crippen LogP contribution >= 0.6 is 0 Å². The van der Waals surface area contributed by atoms with E-state index < -0.39 is 23.1 Å². The number of piperidine rings is 1. The molecule has 4 aromatic rings. The molecule has 3 atom stereocenters. The number of rotatable bonds is 3. The fourth-order valence-corrected chi connectivity index (χ4v) is 5.78. The normalized spacial score (nSPS) is 24.3. The maximum atomic E-state index is 16.4. The third-order valence-corrected chi connectivity index (χ3v) is 7.40. The van der Waals surface area contributed by atoms with Gasteiger partial charge < -0.3 is 11.1 Å². The summed E-state index contributed by atoms with van der Waals surface area (Å²) in [5.41, 5.74) is 4.94. The molecule has 0 spiro atoms. The van der Waals surface area contributed by atoms with Gasteiger partial charge in [0.05, 0.1) is 28.4 Å². The molecule has 0 aromatic carbocycles. The van der Waals surface area contributed by atoms with Crippen molar-refractivity contribution >= 4 is 22.4 Å². The predicted octanol–water partition coefficient (Wildman–Crippen LogP) is 3.46. The molecule has 3 fully saturated rings. The Morgan fingerprint density at radius 1 is 1.18 bits per heavy atom. The number of nitrogen functional groups attached to an aromatic ring is 1. The highest BCUT2D eigenvalue weighted by atomic mass is 19.4. The van der Waals surface area contributed by atoms with Gasteiger partial charge in [0.2, 0.25) is 0 Å². The summed E-state index contributed by atoms with van der Waals surface area (Å²) in [4.78, 5) is 8.13. The molecule has 176 valence electrons. The quantitative estimate of drug-likeness (QED) is 0.443. The lowest BCUT2D eigenvalue weighted by molar-refractivity contribution is -0.137. The Labute approximate surface area is 190 Å². The predicted molar refractivity (Wildman–Crippen MR) is 114 cm³/mol. The van der Waals surface area contributed by atoms with Crippen molar-refractivity contribution in [2.24, 2.45) is 11.8 Å². The van der Waals surface area contributed by atoms with Gasteiger partial charge in [-0.15, -0.1) is 0 Å². The molecule has 1 saturated heterocycles. The number of anilines is 1. The number of halogens is 4. The van der Waals surface area contributed by atoms with Gasteiger partial charge in [0.1, 0.15) is 23.4 Å². The van der Waals surface area contributed by atoms with Crippen LogP contribution in [0.5, 0.6) is 0 Å². The summed E-state index contributed by atoms with van der Waals surface area (Å²) in [6.45, 7) is 2.96. The van der Waals surface area contributed by atoms with Gasteiger partial charge in [-0.2, -0.15) is 23.4 Å². The van der Waals surface area contributed by atoms with Gasteiger partial charge in [-0.05, 0) is 50.8 Å². The van der Waals surface area contributed by atoms with Gasteiger partial charge >= 0.3 is 6.18 Å². The van der Waals surface area contributed by atoms with Crippen molar-refractivity contribution < 1.29 is 17.6 Å². The van der Waals surface area contributed by atoms with E-state index in [2.05, 4.69) is 20.4 Å². The fourth-order valence-electron chi connectivity index (χ4n) is 5.78. The standard InChI is InChI=1S/C22H20F4N8/c1-8-16(22(24,25)26)10(4-13(27)31-8)19-17(23)20-15(21-29-7-30-34(19)21)18(32-33(20)9-2-3-9)14-11-5-28-6-12(11)14/h4,7,9,11-12,14,28H,2-3,5-6H2,1H3,(H2,27,31)/t11-,12+,14?. The average Bonchev–Trinajstić information content (AvgIpc) is 3.51. The highest BCUT2D eigenvalue weighted by Crippen LogP contribution is 2.58. The summed E-state index contributed by atoms with van der Waals surface area (Å²) >= 11 is 0. The highest BCUT2D eigenvalue weighted by Gasteiger charge is 2.56. The summed E-state index contributed by atoms with van der Waals surface area (Å²) < 4.78 is 61.5. The van der Waals surface area contributed by atoms with Crippen molar-refractivity contribution in [2.75, 3.05) is 18.8 Å². The summed E-state index contributed by atoms with van der Waals surface area (Å²) in [5.74, 6) is 0.0898. The number of nitrogens with two attached hydrogens (primary N) is 1. The van der Waals surface area contributed by atoms with E-state index in [0.29, 0.717) is 22.9 Å². The van der Waals surface area contributed by atoms with E-state index in [4.69, 9.17) is 10.8 Å². The van der Waals surface area contributed by atoms with Crippen LogP contribution in [-0.2, 0) is 6.18 Å². The number of nitrogens with one attached hydrogen (secondary N) is 1. The third-order valence-electron chi connectivity index (χ3n) is 7.40. The zero-order chi connectivity index (χ0) is 23.5. The van der Waals surface area contributed by atoms with Gasteiger partial charge in [-0.1, -0.05) is 0 Å². The molecule has 8 nitrogen and oxygen atoms in total. The van der Waals surface area contributed by atoms with E-state index in [9.17, 15) is 13.2 Å². The van der Waals surface area contributed by atoms with E-state index >= 15 is 4.39 Å². The molecule has 12 heteroatoms. The molecule has 34 heavy (non-hydrogen) atoms. The maximum absolute atomic E-state index is 16.4. The number of pyridine rings is 2. The summed E-state index contributed by atoms with van der Waals surface area (Å²) in [7, 11) is 0. The van der Waals surface area contributed by atoms with Crippen LogP contribution in [0.25, 0.3) is 27.8 Å². The van der Waals surface area contributed by atoms with Crippen molar-refractivity contribution in [3.8, 4) is 11.3 Å². The second-order valence-electron chi connectivity index (χ2n) is 9.51. The van der Waals surface area contributed by atoms with Crippen LogP contribution in [0, 0.1) is 24.6 Å². The summed E-state index contributed by atoms with van der Waals surface area (Å²) in [5, 5.41) is 12.9. The van der Waals surface area contributed by atoms with E-state index in [0.717, 1.165) is 42.2 Å². The first-order valence-electron chi connectivity index (χ1n) is 11.2. The second kappa shape index (κ2) is 6.44. The lowest BCUT2D eigenvalue weighted by Gasteiger charge is -2.17. The molecule has 4 aromatic heterocycles. The lowest BCUT2D eigenvalue weighted by atomic mass is 10.0. The van der Waals surface area contributed by atoms with Crippen molar-refractivity contribution in [3.05, 3.63) is 35.2 Å². The number of hydrogen-bond donors (Lipinski definition) is 2.